The number of hydrogen-bond acceptors (Lipinski definition) is 2. The quantitative estimate of drug-likeness (QED) is 0.752. The second kappa shape index (κ2) is 6.89. The van der Waals surface area contributed by atoms with Crippen molar-refractivity contribution < 1.29 is 15.0 Å². The van der Waals surface area contributed by atoms with Gasteiger partial charge in [-0.2, -0.15) is 0 Å². The van der Waals surface area contributed by atoms with Gasteiger partial charge in [0.05, 0.1) is 5.41 Å². The van der Waals surface area contributed by atoms with Crippen LogP contribution in [0.15, 0.2) is 24.3 Å². The number of rotatable bonds is 7. The van der Waals surface area contributed by atoms with Gasteiger partial charge in [0.15, 0.2) is 0 Å². The van der Waals surface area contributed by atoms with E-state index in [0.717, 1.165) is 44.9 Å². The Labute approximate surface area is 120 Å². The van der Waals surface area contributed by atoms with Crippen molar-refractivity contribution >= 4 is 5.97 Å². The minimum atomic E-state index is -0.644. The van der Waals surface area contributed by atoms with Gasteiger partial charge in [0, 0.05) is 6.61 Å². The molecule has 0 amide bonds. The lowest BCUT2D eigenvalue weighted by Crippen LogP contribution is -2.37. The zero-order chi connectivity index (χ0) is 14.4. The lowest BCUT2D eigenvalue weighted by molar-refractivity contribution is -0.150. The number of carboxylic acids is 1. The van der Waals surface area contributed by atoms with Crippen LogP contribution in [0.3, 0.4) is 0 Å². The summed E-state index contributed by atoms with van der Waals surface area (Å²) in [6.45, 7) is 0.234. The van der Waals surface area contributed by atoms with Crippen molar-refractivity contribution in [3.8, 4) is 0 Å². The van der Waals surface area contributed by atoms with Gasteiger partial charge in [-0.15, -0.1) is 0 Å². The molecule has 0 aromatic heterocycles. The summed E-state index contributed by atoms with van der Waals surface area (Å²) in [6, 6.07) is 8.21. The average Bonchev–Trinajstić information content (AvgIpc) is 2.46. The Kier molecular flexibility index (Phi) is 5.18. The number of aliphatic carboxylic acids is 1. The number of fused-ring (bicyclic) bond motifs is 1. The molecule has 0 saturated heterocycles. The van der Waals surface area contributed by atoms with E-state index in [9.17, 15) is 9.90 Å². The fourth-order valence-corrected chi connectivity index (χ4v) is 3.23. The lowest BCUT2D eigenvalue weighted by atomic mass is 9.69. The van der Waals surface area contributed by atoms with Crippen molar-refractivity contribution in [3.63, 3.8) is 0 Å². The molecule has 110 valence electrons. The van der Waals surface area contributed by atoms with Crippen molar-refractivity contribution in [1.29, 1.82) is 0 Å². The van der Waals surface area contributed by atoms with E-state index in [0.29, 0.717) is 6.42 Å². The Balaban J connectivity index is 1.99. The lowest BCUT2D eigenvalue weighted by Gasteiger charge is -2.34. The molecule has 2 rings (SSSR count). The summed E-state index contributed by atoms with van der Waals surface area (Å²) in [5.74, 6) is -0.644. The Hall–Kier alpha value is -1.35. The molecule has 1 atom stereocenters. The molecule has 0 aliphatic heterocycles. The van der Waals surface area contributed by atoms with Gasteiger partial charge < -0.3 is 10.2 Å². The van der Waals surface area contributed by atoms with Gasteiger partial charge in [-0.05, 0) is 43.2 Å². The standard InChI is InChI=1S/C17H24O3/c18-12-6-2-1-5-10-17(16(19)20)11-9-14-7-3-4-8-15(14)13-17/h3-4,7-8,18H,1-2,5-6,9-13H2,(H,19,20). The molecule has 1 aromatic carbocycles. The number of aryl methyl sites for hydroxylation is 1. The molecule has 1 aliphatic carbocycles. The van der Waals surface area contributed by atoms with E-state index in [1.807, 2.05) is 12.1 Å². The van der Waals surface area contributed by atoms with Crippen LogP contribution in [0, 0.1) is 5.41 Å². The molecule has 0 saturated carbocycles. The summed E-state index contributed by atoms with van der Waals surface area (Å²) >= 11 is 0. The normalized spacial score (nSPS) is 21.4. The van der Waals surface area contributed by atoms with E-state index in [2.05, 4.69) is 12.1 Å². The van der Waals surface area contributed by atoms with Crippen LogP contribution in [-0.2, 0) is 17.6 Å². The van der Waals surface area contributed by atoms with Crippen LogP contribution in [0.5, 0.6) is 0 Å². The van der Waals surface area contributed by atoms with E-state index in [1.54, 1.807) is 0 Å². The number of aliphatic hydroxyl groups excluding tert-OH is 1. The summed E-state index contributed by atoms with van der Waals surface area (Å²) in [5.41, 5.74) is 1.94. The monoisotopic (exact) mass is 276 g/mol. The van der Waals surface area contributed by atoms with Crippen LogP contribution in [0.4, 0.5) is 0 Å². The third-order valence-electron chi connectivity index (χ3n) is 4.54. The maximum atomic E-state index is 11.8. The first kappa shape index (κ1) is 15.0. The van der Waals surface area contributed by atoms with E-state index >= 15 is 0 Å². The Bertz CT molecular complexity index is 455. The van der Waals surface area contributed by atoms with Crippen molar-refractivity contribution in [2.45, 2.75) is 51.4 Å². The summed E-state index contributed by atoms with van der Waals surface area (Å²) in [6.07, 6.45) is 6.80. The Morgan fingerprint density at radius 2 is 1.80 bits per heavy atom. The van der Waals surface area contributed by atoms with Gasteiger partial charge in [0.1, 0.15) is 0 Å². The molecule has 1 unspecified atom stereocenters. The molecule has 2 N–H and O–H groups in total. The number of carboxylic acid groups (broad SMARTS) is 1. The molecular weight excluding hydrogens is 252 g/mol. The van der Waals surface area contributed by atoms with Crippen molar-refractivity contribution in [2.75, 3.05) is 6.61 Å². The van der Waals surface area contributed by atoms with Gasteiger partial charge in [-0.1, -0.05) is 43.5 Å². The Morgan fingerprint density at radius 1 is 1.10 bits per heavy atom. The van der Waals surface area contributed by atoms with E-state index in [1.165, 1.54) is 11.1 Å². The van der Waals surface area contributed by atoms with Crippen LogP contribution in [0.1, 0.15) is 49.7 Å². The zero-order valence-corrected chi connectivity index (χ0v) is 12.0. The number of hydrogen-bond donors (Lipinski definition) is 2. The third kappa shape index (κ3) is 3.40. The van der Waals surface area contributed by atoms with Crippen LogP contribution in [-0.4, -0.2) is 22.8 Å². The minimum absolute atomic E-state index is 0.234. The second-order valence-electron chi connectivity index (χ2n) is 5.92. The van der Waals surface area contributed by atoms with Gasteiger partial charge in [-0.25, -0.2) is 0 Å². The highest BCUT2D eigenvalue weighted by atomic mass is 16.4. The summed E-state index contributed by atoms with van der Waals surface area (Å²) < 4.78 is 0. The Morgan fingerprint density at radius 3 is 2.50 bits per heavy atom. The van der Waals surface area contributed by atoms with E-state index in [4.69, 9.17) is 5.11 Å². The third-order valence-corrected chi connectivity index (χ3v) is 4.54. The molecular formula is C17H24O3. The fourth-order valence-electron chi connectivity index (χ4n) is 3.23. The average molecular weight is 276 g/mol. The molecule has 20 heavy (non-hydrogen) atoms. The van der Waals surface area contributed by atoms with E-state index < -0.39 is 11.4 Å². The van der Waals surface area contributed by atoms with Crippen LogP contribution in [0.2, 0.25) is 0 Å². The second-order valence-corrected chi connectivity index (χ2v) is 5.92. The minimum Gasteiger partial charge on any atom is -0.481 e. The molecule has 1 aliphatic rings. The molecule has 1 aromatic rings. The van der Waals surface area contributed by atoms with Crippen molar-refractivity contribution in [1.82, 2.24) is 0 Å². The summed E-state index contributed by atoms with van der Waals surface area (Å²) in [5, 5.41) is 18.4. The first-order valence-electron chi connectivity index (χ1n) is 7.59. The van der Waals surface area contributed by atoms with Crippen molar-refractivity contribution in [2.24, 2.45) is 5.41 Å². The SMILES string of the molecule is O=C(O)C1(CCCCCCO)CCc2ccccc2C1. The van der Waals surface area contributed by atoms with Gasteiger partial charge >= 0.3 is 5.97 Å². The van der Waals surface area contributed by atoms with Gasteiger partial charge in [0.2, 0.25) is 0 Å². The molecule has 3 heteroatoms. The molecule has 0 fully saturated rings. The number of unbranched alkanes of at least 4 members (excludes halogenated alkanes) is 3. The molecule has 0 bridgehead atoms. The fraction of sp³-hybridized carbons (Fsp3) is 0.588. The molecule has 0 radical (unpaired) electrons. The van der Waals surface area contributed by atoms with E-state index in [-0.39, 0.29) is 6.61 Å². The highest BCUT2D eigenvalue weighted by Crippen LogP contribution is 2.40. The maximum Gasteiger partial charge on any atom is 0.309 e. The molecule has 0 spiro atoms. The number of carbonyl (C=O) groups is 1. The summed E-state index contributed by atoms with van der Waals surface area (Å²) in [4.78, 5) is 11.8. The first-order chi connectivity index (χ1) is 9.68. The van der Waals surface area contributed by atoms with Crippen molar-refractivity contribution in [3.05, 3.63) is 35.4 Å². The van der Waals surface area contributed by atoms with Gasteiger partial charge in [-0.3, -0.25) is 4.79 Å². The predicted octanol–water partition coefficient (Wildman–Crippen LogP) is 3.19. The maximum absolute atomic E-state index is 11.8. The predicted molar refractivity (Wildman–Crippen MR) is 78.7 cm³/mol. The number of benzene rings is 1. The first-order valence-corrected chi connectivity index (χ1v) is 7.59. The van der Waals surface area contributed by atoms with Crippen LogP contribution in [0.25, 0.3) is 0 Å². The highest BCUT2D eigenvalue weighted by molar-refractivity contribution is 5.75. The van der Waals surface area contributed by atoms with Crippen LogP contribution >= 0.6 is 0 Å². The summed E-state index contributed by atoms with van der Waals surface area (Å²) in [7, 11) is 0. The largest absolute Gasteiger partial charge is 0.481 e. The van der Waals surface area contributed by atoms with Crippen LogP contribution < -0.4 is 0 Å². The van der Waals surface area contributed by atoms with Gasteiger partial charge in [0.25, 0.3) is 0 Å². The zero-order valence-electron chi connectivity index (χ0n) is 12.0. The number of aliphatic hydroxyl groups is 1. The topological polar surface area (TPSA) is 57.5 Å². The smallest absolute Gasteiger partial charge is 0.309 e. The molecule has 0 heterocycles. The highest BCUT2D eigenvalue weighted by Gasteiger charge is 2.40. The molecule has 3 nitrogen and oxygen atoms in total.